The Morgan fingerprint density at radius 3 is 2.71 bits per heavy atom. The van der Waals surface area contributed by atoms with Crippen molar-refractivity contribution in [3.05, 3.63) is 0 Å². The van der Waals surface area contributed by atoms with E-state index in [9.17, 15) is 4.79 Å². The molecule has 0 aliphatic heterocycles. The van der Waals surface area contributed by atoms with Crippen molar-refractivity contribution in [2.24, 2.45) is 5.92 Å². The maximum Gasteiger partial charge on any atom is 0.232 e. The first kappa shape index (κ1) is 11.9. The first-order valence-electron chi connectivity index (χ1n) is 5.66. The van der Waals surface area contributed by atoms with Crippen LogP contribution in [0.2, 0.25) is 0 Å². The van der Waals surface area contributed by atoms with Crippen LogP contribution in [0.25, 0.3) is 0 Å². The van der Waals surface area contributed by atoms with Gasteiger partial charge in [0.25, 0.3) is 0 Å². The third kappa shape index (κ3) is 4.36. The molecule has 1 aliphatic carbocycles. The van der Waals surface area contributed by atoms with Crippen LogP contribution in [0.3, 0.4) is 0 Å². The van der Waals surface area contributed by atoms with Crippen LogP contribution in [-0.2, 0) is 4.79 Å². The molecule has 1 unspecified atom stereocenters. The number of hydrogen-bond donors (Lipinski definition) is 2. The van der Waals surface area contributed by atoms with Crippen LogP contribution in [0.15, 0.2) is 0 Å². The van der Waals surface area contributed by atoms with Gasteiger partial charge in [-0.3, -0.25) is 4.79 Å². The monoisotopic (exact) mass is 215 g/mol. The lowest BCUT2D eigenvalue weighted by atomic mass is 10.0. The molecule has 1 N–H and O–H groups in total. The van der Waals surface area contributed by atoms with Crippen molar-refractivity contribution in [1.82, 2.24) is 5.32 Å². The highest BCUT2D eigenvalue weighted by Gasteiger charge is 2.14. The molecule has 0 aromatic rings. The molecular formula is C11H21NOS. The van der Waals surface area contributed by atoms with Gasteiger partial charge < -0.3 is 5.32 Å². The van der Waals surface area contributed by atoms with Gasteiger partial charge in [0.2, 0.25) is 5.91 Å². The van der Waals surface area contributed by atoms with Crippen molar-refractivity contribution in [1.29, 1.82) is 0 Å². The van der Waals surface area contributed by atoms with Crippen molar-refractivity contribution in [3.8, 4) is 0 Å². The van der Waals surface area contributed by atoms with E-state index in [1.54, 1.807) is 6.92 Å². The zero-order chi connectivity index (χ0) is 10.4. The zero-order valence-corrected chi connectivity index (χ0v) is 9.85. The fourth-order valence-corrected chi connectivity index (χ4v) is 2.14. The molecule has 0 aromatic carbocycles. The third-order valence-electron chi connectivity index (χ3n) is 2.94. The molecular weight excluding hydrogens is 194 g/mol. The van der Waals surface area contributed by atoms with Crippen molar-refractivity contribution in [2.45, 2.75) is 50.7 Å². The molecule has 0 bridgehead atoms. The van der Waals surface area contributed by atoms with Gasteiger partial charge in [0.15, 0.2) is 0 Å². The molecule has 1 fully saturated rings. The summed E-state index contributed by atoms with van der Waals surface area (Å²) in [6.07, 6.45) is 8.02. The Kier molecular flexibility index (Phi) is 5.38. The lowest BCUT2D eigenvalue weighted by Crippen LogP contribution is -2.30. The van der Waals surface area contributed by atoms with E-state index in [0.717, 1.165) is 18.9 Å². The van der Waals surface area contributed by atoms with Crippen LogP contribution in [-0.4, -0.2) is 17.7 Å². The van der Waals surface area contributed by atoms with Gasteiger partial charge in [-0.2, -0.15) is 12.6 Å². The lowest BCUT2D eigenvalue weighted by Gasteiger charge is -2.10. The normalized spacial score (nSPS) is 19.6. The number of amides is 1. The van der Waals surface area contributed by atoms with Gasteiger partial charge in [-0.15, -0.1) is 0 Å². The van der Waals surface area contributed by atoms with Gasteiger partial charge >= 0.3 is 0 Å². The predicted octanol–water partition coefficient (Wildman–Crippen LogP) is 2.39. The van der Waals surface area contributed by atoms with Crippen LogP contribution in [0.1, 0.15) is 45.4 Å². The third-order valence-corrected chi connectivity index (χ3v) is 3.18. The molecule has 14 heavy (non-hydrogen) atoms. The summed E-state index contributed by atoms with van der Waals surface area (Å²) >= 11 is 4.07. The van der Waals surface area contributed by atoms with Crippen molar-refractivity contribution >= 4 is 18.5 Å². The van der Waals surface area contributed by atoms with Crippen LogP contribution in [0, 0.1) is 5.92 Å². The SMILES string of the molecule is CC(S)C(=O)NCCCC1CCCC1. The van der Waals surface area contributed by atoms with E-state index in [1.165, 1.54) is 32.1 Å². The second-order valence-corrected chi connectivity index (χ2v) is 5.03. The molecule has 0 heterocycles. The fourth-order valence-electron chi connectivity index (χ4n) is 2.05. The molecule has 0 saturated heterocycles. The topological polar surface area (TPSA) is 29.1 Å². The first-order valence-corrected chi connectivity index (χ1v) is 6.17. The van der Waals surface area contributed by atoms with Crippen molar-refractivity contribution in [3.63, 3.8) is 0 Å². The van der Waals surface area contributed by atoms with Gasteiger partial charge in [0.1, 0.15) is 0 Å². The minimum Gasteiger partial charge on any atom is -0.355 e. The number of rotatable bonds is 5. The van der Waals surface area contributed by atoms with E-state index in [-0.39, 0.29) is 11.2 Å². The average Bonchev–Trinajstić information content (AvgIpc) is 2.64. The summed E-state index contributed by atoms with van der Waals surface area (Å²) < 4.78 is 0. The van der Waals surface area contributed by atoms with Crippen LogP contribution in [0.4, 0.5) is 0 Å². The summed E-state index contributed by atoms with van der Waals surface area (Å²) in [5, 5.41) is 2.71. The van der Waals surface area contributed by atoms with Gasteiger partial charge in [-0.1, -0.05) is 25.7 Å². The Morgan fingerprint density at radius 1 is 1.50 bits per heavy atom. The summed E-state index contributed by atoms with van der Waals surface area (Å²) in [4.78, 5) is 11.2. The van der Waals surface area contributed by atoms with Gasteiger partial charge in [0, 0.05) is 6.54 Å². The summed E-state index contributed by atoms with van der Waals surface area (Å²) in [6, 6.07) is 0. The highest BCUT2D eigenvalue weighted by atomic mass is 32.1. The number of carbonyl (C=O) groups excluding carboxylic acids is 1. The molecule has 0 radical (unpaired) electrons. The summed E-state index contributed by atoms with van der Waals surface area (Å²) in [5.41, 5.74) is 0. The molecule has 2 nitrogen and oxygen atoms in total. The first-order chi connectivity index (χ1) is 6.70. The summed E-state index contributed by atoms with van der Waals surface area (Å²) in [7, 11) is 0. The Labute approximate surface area is 92.2 Å². The molecule has 82 valence electrons. The molecule has 1 rings (SSSR count). The maximum absolute atomic E-state index is 11.2. The maximum atomic E-state index is 11.2. The molecule has 0 aromatic heterocycles. The summed E-state index contributed by atoms with van der Waals surface area (Å²) in [5.74, 6) is 0.986. The van der Waals surface area contributed by atoms with E-state index in [2.05, 4.69) is 17.9 Å². The zero-order valence-electron chi connectivity index (χ0n) is 8.96. The van der Waals surface area contributed by atoms with Gasteiger partial charge in [-0.25, -0.2) is 0 Å². The smallest absolute Gasteiger partial charge is 0.232 e. The molecule has 3 heteroatoms. The highest BCUT2D eigenvalue weighted by Crippen LogP contribution is 2.28. The van der Waals surface area contributed by atoms with Crippen LogP contribution < -0.4 is 5.32 Å². The minimum atomic E-state index is -0.179. The number of hydrogen-bond acceptors (Lipinski definition) is 2. The van der Waals surface area contributed by atoms with Crippen molar-refractivity contribution < 1.29 is 4.79 Å². The second-order valence-electron chi connectivity index (χ2n) is 4.26. The second kappa shape index (κ2) is 6.33. The Hall–Kier alpha value is -0.180. The summed E-state index contributed by atoms with van der Waals surface area (Å²) in [6.45, 7) is 2.62. The van der Waals surface area contributed by atoms with E-state index in [4.69, 9.17) is 0 Å². The Bertz CT molecular complexity index is 176. The van der Waals surface area contributed by atoms with Crippen LogP contribution in [0.5, 0.6) is 0 Å². The molecule has 0 spiro atoms. The van der Waals surface area contributed by atoms with Gasteiger partial charge in [-0.05, 0) is 25.7 Å². The average molecular weight is 215 g/mol. The quantitative estimate of drug-likeness (QED) is 0.535. The Morgan fingerprint density at radius 2 is 2.14 bits per heavy atom. The van der Waals surface area contributed by atoms with E-state index in [1.807, 2.05) is 0 Å². The lowest BCUT2D eigenvalue weighted by molar-refractivity contribution is -0.120. The van der Waals surface area contributed by atoms with Gasteiger partial charge in [0.05, 0.1) is 5.25 Å². The molecule has 1 amide bonds. The highest BCUT2D eigenvalue weighted by molar-refractivity contribution is 7.81. The van der Waals surface area contributed by atoms with Crippen LogP contribution >= 0.6 is 12.6 Å². The minimum absolute atomic E-state index is 0.0553. The fraction of sp³-hybridized carbons (Fsp3) is 0.909. The number of nitrogens with one attached hydrogen (secondary N) is 1. The molecule has 1 saturated carbocycles. The van der Waals surface area contributed by atoms with E-state index >= 15 is 0 Å². The molecule has 1 aliphatic rings. The standard InChI is InChI=1S/C11H21NOS/c1-9(14)11(13)12-8-4-7-10-5-2-3-6-10/h9-10,14H,2-8H2,1H3,(H,12,13). The van der Waals surface area contributed by atoms with E-state index < -0.39 is 0 Å². The van der Waals surface area contributed by atoms with E-state index in [0.29, 0.717) is 0 Å². The van der Waals surface area contributed by atoms with Crippen molar-refractivity contribution in [2.75, 3.05) is 6.54 Å². The molecule has 1 atom stereocenters. The predicted molar refractivity (Wildman–Crippen MR) is 62.6 cm³/mol. The Balaban J connectivity index is 1.96. The number of carbonyl (C=O) groups is 1. The number of thiol groups is 1. The largest absolute Gasteiger partial charge is 0.355 e.